The summed E-state index contributed by atoms with van der Waals surface area (Å²) in [5.74, 6) is -1.56. The van der Waals surface area contributed by atoms with Gasteiger partial charge in [0.2, 0.25) is 11.6 Å². The van der Waals surface area contributed by atoms with E-state index in [1.54, 1.807) is 6.92 Å². The van der Waals surface area contributed by atoms with Crippen molar-refractivity contribution >= 4 is 5.78 Å². The highest BCUT2D eigenvalue weighted by atomic mass is 16.7. The number of carbonyl (C=O) groups is 1. The molecule has 1 rings (SSSR count). The molecule has 0 N–H and O–H groups in total. The number of benzene rings is 1. The van der Waals surface area contributed by atoms with Crippen LogP contribution < -0.4 is 0 Å². The highest BCUT2D eigenvalue weighted by Gasteiger charge is 2.30. The molecule has 0 saturated carbocycles. The highest BCUT2D eigenvalue weighted by molar-refractivity contribution is 5.95. The molecular weight excluding hydrogens is 232 g/mol. The predicted octanol–water partition coefficient (Wildman–Crippen LogP) is 2.29. The zero-order valence-corrected chi connectivity index (χ0v) is 10.9. The number of carbonyl (C=O) groups excluding carboxylic acids is 1. The summed E-state index contributed by atoms with van der Waals surface area (Å²) in [7, 11) is 2.83. The van der Waals surface area contributed by atoms with Crippen molar-refractivity contribution < 1.29 is 19.0 Å². The van der Waals surface area contributed by atoms with Gasteiger partial charge in [0.25, 0.3) is 0 Å². The van der Waals surface area contributed by atoms with Crippen LogP contribution in [0.1, 0.15) is 12.5 Å². The fourth-order valence-electron chi connectivity index (χ4n) is 1.26. The molecule has 18 heavy (non-hydrogen) atoms. The highest BCUT2D eigenvalue weighted by Crippen LogP contribution is 2.12. The first-order chi connectivity index (χ1) is 8.62. The van der Waals surface area contributed by atoms with E-state index in [4.69, 9.17) is 14.2 Å². The number of ketones is 1. The molecule has 0 bridgehead atoms. The van der Waals surface area contributed by atoms with Gasteiger partial charge in [-0.15, -0.1) is 0 Å². The number of methoxy groups -OCH3 is 2. The van der Waals surface area contributed by atoms with Crippen molar-refractivity contribution in [3.05, 3.63) is 48.2 Å². The fraction of sp³-hybridized carbons (Fsp3) is 0.357. The maximum Gasteiger partial charge on any atom is 0.229 e. The third kappa shape index (κ3) is 3.98. The Morgan fingerprint density at radius 2 is 1.83 bits per heavy atom. The monoisotopic (exact) mass is 250 g/mol. The lowest BCUT2D eigenvalue weighted by molar-refractivity contribution is -0.194. The first-order valence-electron chi connectivity index (χ1n) is 5.59. The number of rotatable bonds is 7. The zero-order valence-electron chi connectivity index (χ0n) is 10.9. The maximum absolute atomic E-state index is 11.7. The molecular formula is C14H18O4. The van der Waals surface area contributed by atoms with Crippen molar-refractivity contribution in [2.75, 3.05) is 14.2 Å². The largest absolute Gasteiger partial charge is 0.496 e. The van der Waals surface area contributed by atoms with Gasteiger partial charge in [-0.3, -0.25) is 4.79 Å². The molecule has 4 heteroatoms. The minimum absolute atomic E-state index is 0.305. The van der Waals surface area contributed by atoms with E-state index in [0.29, 0.717) is 6.61 Å². The topological polar surface area (TPSA) is 44.8 Å². The third-order valence-corrected chi connectivity index (χ3v) is 2.64. The zero-order chi connectivity index (χ0) is 13.4. The van der Waals surface area contributed by atoms with Gasteiger partial charge in [-0.05, 0) is 12.5 Å². The molecule has 0 unspecified atom stereocenters. The standard InChI is InChI=1S/C14H18O4/c1-14(16-2,17-3)13(15)9-10-18-11-12-7-5-4-6-8-12/h4-10H,11H2,1-3H3. The Labute approximate surface area is 107 Å². The van der Waals surface area contributed by atoms with Crippen molar-refractivity contribution in [3.8, 4) is 0 Å². The smallest absolute Gasteiger partial charge is 0.229 e. The summed E-state index contributed by atoms with van der Waals surface area (Å²) in [6.07, 6.45) is 2.65. The molecule has 0 atom stereocenters. The van der Waals surface area contributed by atoms with Gasteiger partial charge in [-0.1, -0.05) is 30.3 Å². The molecule has 1 aromatic rings. The van der Waals surface area contributed by atoms with Gasteiger partial charge >= 0.3 is 0 Å². The molecule has 0 saturated heterocycles. The van der Waals surface area contributed by atoms with E-state index < -0.39 is 5.79 Å². The summed E-state index contributed by atoms with van der Waals surface area (Å²) < 4.78 is 15.2. The number of ether oxygens (including phenoxy) is 3. The van der Waals surface area contributed by atoms with E-state index in [2.05, 4.69) is 0 Å². The summed E-state index contributed by atoms with van der Waals surface area (Å²) >= 11 is 0. The van der Waals surface area contributed by atoms with Gasteiger partial charge in [0.15, 0.2) is 0 Å². The molecule has 0 heterocycles. The van der Waals surface area contributed by atoms with Crippen LogP contribution in [0.4, 0.5) is 0 Å². The van der Waals surface area contributed by atoms with E-state index in [9.17, 15) is 4.79 Å². The molecule has 0 aromatic heterocycles. The van der Waals surface area contributed by atoms with Gasteiger partial charge in [-0.25, -0.2) is 0 Å². The average molecular weight is 250 g/mol. The molecule has 0 fully saturated rings. The second-order valence-corrected chi connectivity index (χ2v) is 3.82. The lowest BCUT2D eigenvalue weighted by Gasteiger charge is -2.22. The molecule has 0 spiro atoms. The molecule has 0 amide bonds. The Morgan fingerprint density at radius 1 is 1.22 bits per heavy atom. The second kappa shape index (κ2) is 6.93. The van der Waals surface area contributed by atoms with E-state index in [1.807, 2.05) is 30.3 Å². The van der Waals surface area contributed by atoms with Crippen LogP contribution in [0.2, 0.25) is 0 Å². The van der Waals surface area contributed by atoms with Gasteiger partial charge in [0.1, 0.15) is 6.61 Å². The average Bonchev–Trinajstić information content (AvgIpc) is 2.43. The summed E-state index contributed by atoms with van der Waals surface area (Å²) in [4.78, 5) is 11.7. The van der Waals surface area contributed by atoms with E-state index in [1.165, 1.54) is 26.6 Å². The SMILES string of the molecule is COC(C)(OC)C(=O)C=COCc1ccccc1. The fourth-order valence-corrected chi connectivity index (χ4v) is 1.26. The minimum Gasteiger partial charge on any atom is -0.496 e. The summed E-state index contributed by atoms with van der Waals surface area (Å²) in [5.41, 5.74) is 1.04. The molecule has 0 aliphatic carbocycles. The van der Waals surface area contributed by atoms with Crippen LogP contribution in [0.25, 0.3) is 0 Å². The van der Waals surface area contributed by atoms with Crippen molar-refractivity contribution in [2.45, 2.75) is 19.3 Å². The second-order valence-electron chi connectivity index (χ2n) is 3.82. The van der Waals surface area contributed by atoms with Gasteiger partial charge in [0.05, 0.1) is 6.26 Å². The molecule has 0 radical (unpaired) electrons. The Balaban J connectivity index is 2.44. The Bertz CT molecular complexity index is 394. The Kier molecular flexibility index (Phi) is 5.55. The number of hydrogen-bond acceptors (Lipinski definition) is 4. The predicted molar refractivity (Wildman–Crippen MR) is 67.8 cm³/mol. The minimum atomic E-state index is -1.26. The summed E-state index contributed by atoms with van der Waals surface area (Å²) in [6.45, 7) is 1.97. The van der Waals surface area contributed by atoms with E-state index in [-0.39, 0.29) is 5.78 Å². The maximum atomic E-state index is 11.7. The number of hydrogen-bond donors (Lipinski definition) is 0. The lowest BCUT2D eigenvalue weighted by atomic mass is 10.2. The first kappa shape index (κ1) is 14.4. The van der Waals surface area contributed by atoms with Crippen LogP contribution in [-0.2, 0) is 25.6 Å². The van der Waals surface area contributed by atoms with Gasteiger partial charge in [-0.2, -0.15) is 0 Å². The molecule has 4 nitrogen and oxygen atoms in total. The van der Waals surface area contributed by atoms with Crippen molar-refractivity contribution in [1.29, 1.82) is 0 Å². The Morgan fingerprint density at radius 3 is 2.39 bits per heavy atom. The quantitative estimate of drug-likeness (QED) is 0.423. The molecule has 1 aromatic carbocycles. The summed E-state index contributed by atoms with van der Waals surface area (Å²) in [6, 6.07) is 9.70. The van der Waals surface area contributed by atoms with Crippen LogP contribution in [0.5, 0.6) is 0 Å². The molecule has 0 aliphatic heterocycles. The van der Waals surface area contributed by atoms with Crippen LogP contribution in [0.15, 0.2) is 42.7 Å². The Hall–Kier alpha value is -1.65. The first-order valence-corrected chi connectivity index (χ1v) is 5.59. The normalized spacial score (nSPS) is 11.7. The van der Waals surface area contributed by atoms with Gasteiger partial charge < -0.3 is 14.2 Å². The van der Waals surface area contributed by atoms with E-state index >= 15 is 0 Å². The van der Waals surface area contributed by atoms with Crippen LogP contribution >= 0.6 is 0 Å². The van der Waals surface area contributed by atoms with Crippen molar-refractivity contribution in [1.82, 2.24) is 0 Å². The van der Waals surface area contributed by atoms with Crippen molar-refractivity contribution in [3.63, 3.8) is 0 Å². The third-order valence-electron chi connectivity index (χ3n) is 2.64. The van der Waals surface area contributed by atoms with Crippen LogP contribution in [0.3, 0.4) is 0 Å². The van der Waals surface area contributed by atoms with E-state index in [0.717, 1.165) is 5.56 Å². The van der Waals surface area contributed by atoms with Crippen LogP contribution in [-0.4, -0.2) is 25.8 Å². The summed E-state index contributed by atoms with van der Waals surface area (Å²) in [5, 5.41) is 0. The van der Waals surface area contributed by atoms with Crippen molar-refractivity contribution in [2.24, 2.45) is 0 Å². The van der Waals surface area contributed by atoms with Crippen LogP contribution in [0, 0.1) is 0 Å². The lowest BCUT2D eigenvalue weighted by Crippen LogP contribution is -2.38. The molecule has 0 aliphatic rings. The molecule has 98 valence electrons. The van der Waals surface area contributed by atoms with Gasteiger partial charge in [0, 0.05) is 20.3 Å².